The molecule has 3 heterocycles. The highest BCUT2D eigenvalue weighted by atomic mass is 79.9. The largest absolute Gasteiger partial charge is 0.484 e. The lowest BCUT2D eigenvalue weighted by Gasteiger charge is -2.43. The average Bonchev–Trinajstić information content (AvgIpc) is 3.79. The van der Waals surface area contributed by atoms with Crippen LogP contribution in [0.1, 0.15) is 28.3 Å². The van der Waals surface area contributed by atoms with Gasteiger partial charge in [-0.05, 0) is 78.3 Å². The Hall–Kier alpha value is -3.88. The highest BCUT2D eigenvalue weighted by Gasteiger charge is 2.69. The molecule has 4 aliphatic rings. The molecule has 2 saturated carbocycles. The van der Waals surface area contributed by atoms with E-state index in [0.717, 1.165) is 43.8 Å². The highest BCUT2D eigenvalue weighted by Crippen LogP contribution is 2.68. The first-order valence-electron chi connectivity index (χ1n) is 15.2. The van der Waals surface area contributed by atoms with Crippen molar-refractivity contribution in [2.75, 3.05) is 16.8 Å². The molecule has 2 aliphatic carbocycles. The van der Waals surface area contributed by atoms with Crippen molar-refractivity contribution in [1.82, 2.24) is 4.98 Å². The number of hydrogen-bond donors (Lipinski definition) is 2. The number of aromatic nitrogens is 1. The maximum absolute atomic E-state index is 13.9. The van der Waals surface area contributed by atoms with E-state index in [0.29, 0.717) is 11.4 Å². The topological polar surface area (TPSA) is 109 Å². The first-order valence-corrected chi connectivity index (χ1v) is 17.7. The number of alkyl halides is 3. The summed E-state index contributed by atoms with van der Waals surface area (Å²) in [5.41, 5.74) is 0.167. The molecule has 8 nitrogen and oxygen atoms in total. The predicted molar refractivity (Wildman–Crippen MR) is 177 cm³/mol. The third-order valence-corrected chi connectivity index (χ3v) is 13.0. The number of para-hydroxylation sites is 1. The van der Waals surface area contributed by atoms with Crippen LogP contribution in [0.5, 0.6) is 5.75 Å². The maximum Gasteiger partial charge on any atom is 0.418 e. The molecule has 8 rings (SSSR count). The molecule has 1 aromatic heterocycles. The smallest absolute Gasteiger partial charge is 0.418 e. The normalized spacial score (nSPS) is 27.1. The van der Waals surface area contributed by atoms with Gasteiger partial charge in [-0.1, -0.05) is 51.5 Å². The van der Waals surface area contributed by atoms with Crippen molar-refractivity contribution in [3.63, 3.8) is 0 Å². The summed E-state index contributed by atoms with van der Waals surface area (Å²) in [5, 5.41) is 3.09. The number of imide groups is 1. The Balaban J connectivity index is 1.03. The number of carbonyl (C=O) groups is 3. The number of benzene rings is 3. The van der Waals surface area contributed by atoms with Gasteiger partial charge >= 0.3 is 11.0 Å². The predicted octanol–water partition coefficient (Wildman–Crippen LogP) is 6.91. The molecule has 0 spiro atoms. The Bertz CT molecular complexity index is 2020. The van der Waals surface area contributed by atoms with E-state index in [2.05, 4.69) is 26.2 Å². The number of thioether (sulfide) groups is 1. The quantitative estimate of drug-likeness (QED) is 0.207. The molecule has 14 heteroatoms. The van der Waals surface area contributed by atoms with Crippen molar-refractivity contribution in [3.05, 3.63) is 103 Å². The Kier molecular flexibility index (Phi) is 7.60. The maximum atomic E-state index is 13.9. The van der Waals surface area contributed by atoms with Crippen molar-refractivity contribution in [2.24, 2.45) is 29.6 Å². The minimum atomic E-state index is -4.62. The number of anilines is 2. The van der Waals surface area contributed by atoms with Crippen LogP contribution in [0, 0.1) is 29.6 Å². The molecular weight excluding hydrogens is 731 g/mol. The lowest BCUT2D eigenvalue weighted by Crippen LogP contribution is -2.42. The number of nitrogens with zero attached hydrogens (tertiary/aromatic N) is 1. The van der Waals surface area contributed by atoms with Gasteiger partial charge in [-0.15, -0.1) is 11.8 Å². The zero-order valence-electron chi connectivity index (χ0n) is 24.7. The van der Waals surface area contributed by atoms with Gasteiger partial charge in [-0.3, -0.25) is 24.1 Å². The number of halogens is 4. The molecule has 0 radical (unpaired) electrons. The van der Waals surface area contributed by atoms with Crippen LogP contribution >= 0.6 is 39.0 Å². The third-order valence-electron chi connectivity index (χ3n) is 9.92. The van der Waals surface area contributed by atoms with E-state index in [1.807, 2.05) is 24.3 Å². The van der Waals surface area contributed by atoms with Gasteiger partial charge in [0.05, 0.1) is 33.8 Å². The summed E-state index contributed by atoms with van der Waals surface area (Å²) in [5.74, 6) is -1.83. The molecule has 2 N–H and O–H groups in total. The number of nitrogens with one attached hydrogen (secondary N) is 2. The lowest BCUT2D eigenvalue weighted by atomic mass is 9.68. The van der Waals surface area contributed by atoms with Gasteiger partial charge in [-0.2, -0.15) is 13.2 Å². The van der Waals surface area contributed by atoms with Crippen LogP contribution in [0.2, 0.25) is 0 Å². The summed E-state index contributed by atoms with van der Waals surface area (Å²) in [6.07, 6.45) is -3.86. The number of H-pyrrole nitrogens is 1. The molecule has 3 amide bonds. The van der Waals surface area contributed by atoms with Crippen LogP contribution in [0.3, 0.4) is 0 Å². The summed E-state index contributed by atoms with van der Waals surface area (Å²) < 4.78 is 46.5. The Labute approximate surface area is 288 Å². The SMILES string of the molecule is O=C(COc1ccc([C@H]2c3sc(=O)[nH]c3SC3C4CC(C5C(=O)N(c6ccc(Br)cc6)C(=O)C45)C32)cc1)Nc1ccccc1C(F)(F)F. The first-order chi connectivity index (χ1) is 23.0. The molecule has 2 bridgehead atoms. The fraction of sp³-hybridized carbons (Fsp3) is 0.294. The molecule has 7 atom stereocenters. The number of carbonyl (C=O) groups excluding carboxylic acids is 3. The zero-order chi connectivity index (χ0) is 33.5. The number of hydrogen-bond acceptors (Lipinski definition) is 7. The third kappa shape index (κ3) is 5.10. The van der Waals surface area contributed by atoms with Crippen LogP contribution < -0.4 is 19.8 Å². The van der Waals surface area contributed by atoms with E-state index in [1.165, 1.54) is 23.1 Å². The second-order valence-electron chi connectivity index (χ2n) is 12.4. The van der Waals surface area contributed by atoms with Crippen molar-refractivity contribution < 1.29 is 32.3 Å². The van der Waals surface area contributed by atoms with E-state index in [9.17, 15) is 32.3 Å². The first kappa shape index (κ1) is 31.4. The minimum Gasteiger partial charge on any atom is -0.484 e. The van der Waals surface area contributed by atoms with E-state index < -0.39 is 36.1 Å². The monoisotopic (exact) mass is 755 g/mol. The van der Waals surface area contributed by atoms with Crippen molar-refractivity contribution in [3.8, 4) is 5.75 Å². The number of fused-ring (bicyclic) bond motifs is 9. The number of ether oxygens (including phenoxy) is 1. The molecule has 6 unspecified atom stereocenters. The van der Waals surface area contributed by atoms with Gasteiger partial charge in [0, 0.05) is 20.5 Å². The van der Waals surface area contributed by atoms with Gasteiger partial charge in [0.15, 0.2) is 6.61 Å². The Morgan fingerprint density at radius 3 is 2.35 bits per heavy atom. The van der Waals surface area contributed by atoms with Gasteiger partial charge in [0.2, 0.25) is 11.8 Å². The minimum absolute atomic E-state index is 0.00747. The van der Waals surface area contributed by atoms with Gasteiger partial charge in [0.1, 0.15) is 5.75 Å². The summed E-state index contributed by atoms with van der Waals surface area (Å²) in [7, 11) is 0. The number of thiazole rings is 1. The molecule has 48 heavy (non-hydrogen) atoms. The summed E-state index contributed by atoms with van der Waals surface area (Å²) in [6, 6.07) is 19.0. The van der Waals surface area contributed by atoms with Gasteiger partial charge in [-0.25, -0.2) is 0 Å². The van der Waals surface area contributed by atoms with Crippen molar-refractivity contribution in [2.45, 2.75) is 28.8 Å². The molecule has 2 aliphatic heterocycles. The molecule has 3 fully saturated rings. The average molecular weight is 757 g/mol. The van der Waals surface area contributed by atoms with E-state index >= 15 is 0 Å². The fourth-order valence-electron chi connectivity index (χ4n) is 8.18. The lowest BCUT2D eigenvalue weighted by molar-refractivity contribution is -0.137. The van der Waals surface area contributed by atoms with E-state index in [4.69, 9.17) is 4.74 Å². The molecule has 4 aromatic rings. The van der Waals surface area contributed by atoms with Crippen molar-refractivity contribution >= 4 is 68.1 Å². The molecule has 1 saturated heterocycles. The number of rotatable bonds is 6. The van der Waals surface area contributed by atoms with E-state index in [1.54, 1.807) is 36.0 Å². The van der Waals surface area contributed by atoms with E-state index in [-0.39, 0.29) is 51.3 Å². The second-order valence-corrected chi connectivity index (χ2v) is 15.5. The summed E-state index contributed by atoms with van der Waals surface area (Å²) in [4.78, 5) is 57.8. The molecule has 3 aromatic carbocycles. The standard InChI is InChI=1S/C34H25BrF3N3O5S2/c35-16-7-9-17(10-8-16)41-31(43)26-19-13-20(27(26)32(41)44)28-25(19)24(29-30(47-28)40-33(45)48-29)15-5-11-18(12-6-15)46-14-23(42)39-22-4-2-1-3-21(22)34(36,37)38/h1-12,19-20,24-28H,13-14H2,(H,39,42)(H,40,45)/t19?,20?,24-,25?,26?,27?,28?/m1/s1. The van der Waals surface area contributed by atoms with Crippen molar-refractivity contribution in [1.29, 1.82) is 0 Å². The van der Waals surface area contributed by atoms with Crippen LogP contribution in [0.25, 0.3) is 0 Å². The Morgan fingerprint density at radius 1 is 0.958 bits per heavy atom. The second kappa shape index (κ2) is 11.6. The van der Waals surface area contributed by atoms with Gasteiger partial charge in [0.25, 0.3) is 5.91 Å². The van der Waals surface area contributed by atoms with Crippen LogP contribution in [0.15, 0.2) is 87.1 Å². The number of amides is 3. The van der Waals surface area contributed by atoms with Crippen LogP contribution in [-0.2, 0) is 20.6 Å². The zero-order valence-corrected chi connectivity index (χ0v) is 27.9. The number of aromatic amines is 1. The molecular formula is C34H25BrF3N3O5S2. The van der Waals surface area contributed by atoms with Crippen LogP contribution in [-0.4, -0.2) is 34.6 Å². The Morgan fingerprint density at radius 2 is 1.65 bits per heavy atom. The molecule has 246 valence electrons. The van der Waals surface area contributed by atoms with Gasteiger partial charge < -0.3 is 15.0 Å². The summed E-state index contributed by atoms with van der Waals surface area (Å²) in [6.45, 7) is -0.502. The van der Waals surface area contributed by atoms with Crippen LogP contribution in [0.4, 0.5) is 24.5 Å². The fourth-order valence-corrected chi connectivity index (χ4v) is 11.3. The highest BCUT2D eigenvalue weighted by molar-refractivity contribution is 9.10. The summed E-state index contributed by atoms with van der Waals surface area (Å²) >= 11 is 6.17.